The monoisotopic (exact) mass is 1610 g/mol. The highest BCUT2D eigenvalue weighted by atomic mass is 35.5. The zero-order chi connectivity index (χ0) is 83.8. The van der Waals surface area contributed by atoms with Gasteiger partial charge in [0, 0.05) is 83.2 Å². The first-order valence-corrected chi connectivity index (χ1v) is 36.5. The molecular formula is C81H89ClF13N3O14. The molecule has 1 N–H and O–H groups in total. The molecule has 3 aliphatic carbocycles. The summed E-state index contributed by atoms with van der Waals surface area (Å²) in [5.74, 6) is -10.1. The van der Waals surface area contributed by atoms with Crippen LogP contribution in [-0.2, 0) is 53.0 Å². The van der Waals surface area contributed by atoms with Crippen molar-refractivity contribution in [3.05, 3.63) is 164 Å². The van der Waals surface area contributed by atoms with E-state index in [0.717, 1.165) is 132 Å². The Kier molecular flexibility index (Phi) is 32.3. The number of methoxy groups -OCH3 is 3. The molecular weight excluding hydrogens is 1520 g/mol. The van der Waals surface area contributed by atoms with Gasteiger partial charge < -0.3 is 43.5 Å². The maximum absolute atomic E-state index is 15.3. The van der Waals surface area contributed by atoms with E-state index in [4.69, 9.17) is 35.3 Å². The molecule has 3 amide bonds. The molecule has 6 aromatic carbocycles. The van der Waals surface area contributed by atoms with Crippen LogP contribution < -0.4 is 24.2 Å². The number of ether oxygens (including phenoxy) is 5. The molecule has 9 rings (SSSR count). The van der Waals surface area contributed by atoms with Crippen molar-refractivity contribution in [3.8, 4) is 28.7 Å². The number of alkyl halides is 10. The first-order chi connectivity index (χ1) is 52.4. The minimum atomic E-state index is -4.89. The third-order valence-corrected chi connectivity index (χ3v) is 19.6. The summed E-state index contributed by atoms with van der Waals surface area (Å²) >= 11 is 5.67. The van der Waals surface area contributed by atoms with Crippen molar-refractivity contribution in [2.45, 2.75) is 182 Å². The summed E-state index contributed by atoms with van der Waals surface area (Å²) in [5, 5.41) is 9.62. The van der Waals surface area contributed by atoms with Gasteiger partial charge in [0.2, 0.25) is 17.7 Å². The zero-order valence-corrected chi connectivity index (χ0v) is 64.3. The molecule has 112 heavy (non-hydrogen) atoms. The summed E-state index contributed by atoms with van der Waals surface area (Å²) in [6.07, 6.45) is -4.23. The molecule has 31 heteroatoms. The SMILES string of the molecule is COC(=O)c1cc(O)c(F)cc1N(C(=O)C1CCC(C)CC1)C(C)C.COC(=O)c1cc(Oc2ccc(C=O)cc2C(F)(F)F)c(F)cc1N(C(=O)C1CCC(C)CC1)C(C)C.COC(=O)c1cc(Oc2ccc(CCl)cc2C(F)(F)F)c(F)cc1N(C(=O)C1CCC(C)CC1)C(C)C.O=Cc1ccc(F)c(C(F)(F)F)c1. The minimum Gasteiger partial charge on any atom is -0.505 e. The Labute approximate surface area is 645 Å². The molecule has 0 heterocycles. The second-order valence-electron chi connectivity index (χ2n) is 28.6. The number of hydrogen-bond acceptors (Lipinski definition) is 14. The number of benzene rings is 6. The lowest BCUT2D eigenvalue weighted by Gasteiger charge is -2.34. The Morgan fingerprint density at radius 3 is 1.04 bits per heavy atom. The topological polar surface area (TPSA) is 213 Å². The van der Waals surface area contributed by atoms with Gasteiger partial charge in [-0.15, -0.1) is 11.6 Å². The third-order valence-electron chi connectivity index (χ3n) is 19.3. The average Bonchev–Trinajstić information content (AvgIpc) is 0.781. The Balaban J connectivity index is 0.000000246. The fourth-order valence-corrected chi connectivity index (χ4v) is 13.4. The lowest BCUT2D eigenvalue weighted by Crippen LogP contribution is -2.43. The molecule has 3 fully saturated rings. The van der Waals surface area contributed by atoms with E-state index in [9.17, 15) is 91.8 Å². The predicted octanol–water partition coefficient (Wildman–Crippen LogP) is 21.1. The molecule has 0 aliphatic heterocycles. The van der Waals surface area contributed by atoms with Crippen LogP contribution in [0.1, 0.15) is 213 Å². The second-order valence-corrected chi connectivity index (χ2v) is 28.8. The van der Waals surface area contributed by atoms with Gasteiger partial charge in [-0.25, -0.2) is 31.9 Å². The number of aldehydes is 2. The van der Waals surface area contributed by atoms with Gasteiger partial charge >= 0.3 is 36.4 Å². The van der Waals surface area contributed by atoms with Gasteiger partial charge in [0.1, 0.15) is 29.9 Å². The van der Waals surface area contributed by atoms with Crippen molar-refractivity contribution in [3.63, 3.8) is 0 Å². The van der Waals surface area contributed by atoms with Crippen LogP contribution in [-0.4, -0.2) is 92.8 Å². The van der Waals surface area contributed by atoms with E-state index in [1.54, 1.807) is 27.7 Å². The van der Waals surface area contributed by atoms with Crippen LogP contribution in [0.3, 0.4) is 0 Å². The quantitative estimate of drug-likeness (QED) is 0.0263. The molecule has 0 aromatic heterocycles. The molecule has 6 aromatic rings. The third kappa shape index (κ3) is 23.4. The number of anilines is 3. The molecule has 0 bridgehead atoms. The first-order valence-electron chi connectivity index (χ1n) is 36.0. The molecule has 17 nitrogen and oxygen atoms in total. The van der Waals surface area contributed by atoms with E-state index in [-0.39, 0.29) is 110 Å². The van der Waals surface area contributed by atoms with Gasteiger partial charge in [0.15, 0.2) is 34.7 Å². The summed E-state index contributed by atoms with van der Waals surface area (Å²) in [7, 11) is 3.42. The zero-order valence-electron chi connectivity index (χ0n) is 63.6. The van der Waals surface area contributed by atoms with Crippen molar-refractivity contribution in [2.75, 3.05) is 36.0 Å². The Morgan fingerprint density at radius 1 is 0.420 bits per heavy atom. The summed E-state index contributed by atoms with van der Waals surface area (Å²) in [5.41, 5.74) is -4.47. The van der Waals surface area contributed by atoms with Gasteiger partial charge in [0.25, 0.3) is 0 Å². The summed E-state index contributed by atoms with van der Waals surface area (Å²) < 4.78 is 200. The lowest BCUT2D eigenvalue weighted by molar-refractivity contribution is -0.140. The summed E-state index contributed by atoms with van der Waals surface area (Å²) in [4.78, 5) is 103. The molecule has 3 saturated carbocycles. The number of aromatic hydroxyl groups is 1. The van der Waals surface area contributed by atoms with Crippen molar-refractivity contribution >= 4 is 76.9 Å². The van der Waals surface area contributed by atoms with Crippen molar-refractivity contribution in [1.29, 1.82) is 0 Å². The molecule has 0 unspecified atom stereocenters. The number of rotatable bonds is 19. The van der Waals surface area contributed by atoms with E-state index in [0.29, 0.717) is 61.6 Å². The fraction of sp³-hybridized carbons (Fsp3) is 0.457. The maximum Gasteiger partial charge on any atom is 0.420 e. The summed E-state index contributed by atoms with van der Waals surface area (Å²) in [6, 6.07) is 12.5. The van der Waals surface area contributed by atoms with E-state index in [2.05, 4.69) is 20.8 Å². The Hall–Kier alpha value is -9.74. The highest BCUT2D eigenvalue weighted by Crippen LogP contribution is 2.45. The molecule has 3 aliphatic rings. The number of amides is 3. The molecule has 0 saturated heterocycles. The van der Waals surface area contributed by atoms with E-state index in [1.807, 2.05) is 13.8 Å². The fourth-order valence-electron chi connectivity index (χ4n) is 13.2. The first kappa shape index (κ1) is 91.1. The molecule has 0 radical (unpaired) electrons. The molecule has 0 atom stereocenters. The van der Waals surface area contributed by atoms with Gasteiger partial charge in [-0.1, -0.05) is 26.8 Å². The predicted molar refractivity (Wildman–Crippen MR) is 391 cm³/mol. The number of nitrogens with zero attached hydrogens (tertiary/aromatic N) is 3. The smallest absolute Gasteiger partial charge is 0.420 e. The molecule has 0 spiro atoms. The number of carbonyl (C=O) groups excluding carboxylic acids is 8. The normalized spacial score (nSPS) is 17.7. The van der Waals surface area contributed by atoms with Gasteiger partial charge in [-0.05, 0) is 197 Å². The number of phenolic OH excluding ortho intramolecular Hbond substituents is 1. The highest BCUT2D eigenvalue weighted by Gasteiger charge is 2.41. The van der Waals surface area contributed by atoms with Crippen LogP contribution in [0.25, 0.3) is 0 Å². The average molecular weight is 1610 g/mol. The van der Waals surface area contributed by atoms with E-state index in [1.165, 1.54) is 27.9 Å². The van der Waals surface area contributed by atoms with E-state index < -0.39 is 117 Å². The largest absolute Gasteiger partial charge is 0.505 e. The van der Waals surface area contributed by atoms with E-state index >= 15 is 8.78 Å². The van der Waals surface area contributed by atoms with Crippen LogP contribution in [0, 0.1) is 58.8 Å². The maximum atomic E-state index is 15.3. The van der Waals surface area contributed by atoms with Crippen molar-refractivity contribution in [1.82, 2.24) is 0 Å². The van der Waals surface area contributed by atoms with Crippen LogP contribution in [0.5, 0.6) is 28.7 Å². The van der Waals surface area contributed by atoms with Gasteiger partial charge in [-0.3, -0.25) is 24.0 Å². The van der Waals surface area contributed by atoms with Crippen LogP contribution in [0.4, 0.5) is 74.1 Å². The van der Waals surface area contributed by atoms with Crippen LogP contribution in [0.2, 0.25) is 0 Å². The minimum absolute atomic E-state index is 0.0207. The number of halogens is 14. The number of esters is 3. The van der Waals surface area contributed by atoms with Crippen molar-refractivity contribution in [2.24, 2.45) is 35.5 Å². The Morgan fingerprint density at radius 2 is 0.723 bits per heavy atom. The summed E-state index contributed by atoms with van der Waals surface area (Å²) in [6.45, 7) is 16.9. The number of carbonyl (C=O) groups is 8. The number of hydrogen-bond donors (Lipinski definition) is 1. The standard InChI is InChI=1S/C27H30ClF4NO4.C27H29F4NO5.C19H26FNO4.C8H4F4O/c1-15(2)33(25(34)18-8-5-16(3)6-9-18)22-13-21(29)24(12-19(22)26(35)36-4)37-23-10-7-17(14-28)11-20(23)27(30,31)32;1-15(2)32(25(34)18-8-5-16(3)6-9-18)22-13-21(28)24(12-19(22)26(35)36-4)37-23-10-7-17(14-33)11-20(23)27(29,30)31;1-11(2)21(18(23)13-7-5-12(3)6-8-13)16-10-15(20)17(22)9-14(16)19(24)25-4;9-7-2-1-5(4-13)3-6(7)8(10,11)12/h7,10-13,15-16,18H,5-6,8-9,14H2,1-4H3;7,10-16,18H,5-6,8-9H2,1-4H3;9-13,22H,5-8H2,1-4H3;1-4H. The number of phenols is 1. The van der Waals surface area contributed by atoms with Crippen molar-refractivity contribution < 1.29 is 124 Å². The van der Waals surface area contributed by atoms with Crippen LogP contribution >= 0.6 is 11.6 Å². The second kappa shape index (κ2) is 39.6. The highest BCUT2D eigenvalue weighted by molar-refractivity contribution is 6.17. The van der Waals surface area contributed by atoms with Crippen LogP contribution in [0.15, 0.2) is 91.0 Å². The lowest BCUT2D eigenvalue weighted by atomic mass is 9.82. The van der Waals surface area contributed by atoms with Gasteiger partial charge in [-0.2, -0.15) is 39.5 Å². The Bertz CT molecular complexity index is 4330. The molecule has 610 valence electrons. The van der Waals surface area contributed by atoms with Gasteiger partial charge in [0.05, 0.1) is 71.8 Å².